The van der Waals surface area contributed by atoms with Crippen molar-refractivity contribution in [3.05, 3.63) is 0 Å². The zero-order chi connectivity index (χ0) is 8.20. The highest BCUT2D eigenvalue weighted by molar-refractivity contribution is 7.09. The van der Waals surface area contributed by atoms with Crippen LogP contribution in [0.2, 0.25) is 0 Å². The monoisotopic (exact) mass is 164 g/mol. The number of rotatable bonds is 2. The molecular weight excluding hydrogens is 151 g/mol. The van der Waals surface area contributed by atoms with E-state index in [1.54, 1.807) is 20.8 Å². The highest BCUT2D eigenvalue weighted by Crippen LogP contribution is 2.14. The number of hydrogen-bond donors (Lipinski definition) is 0. The van der Waals surface area contributed by atoms with Gasteiger partial charge in [0.25, 0.3) is 0 Å². The Kier molecular flexibility index (Phi) is 3.84. The lowest BCUT2D eigenvalue weighted by Crippen LogP contribution is -2.23. The van der Waals surface area contributed by atoms with Crippen LogP contribution >= 0.6 is 9.47 Å². The smallest absolute Gasteiger partial charge is 0.313 e. The van der Waals surface area contributed by atoms with Gasteiger partial charge in [0.2, 0.25) is 0 Å². The summed E-state index contributed by atoms with van der Waals surface area (Å²) in [5.74, 6) is -0.255. The molecule has 0 aliphatic heterocycles. The maximum Gasteiger partial charge on any atom is 0.313 e. The summed E-state index contributed by atoms with van der Waals surface area (Å²) in [7, 11) is 2.01. The van der Waals surface area contributed by atoms with Crippen LogP contribution in [0.4, 0.5) is 0 Å². The zero-order valence-corrected chi connectivity index (χ0v) is 7.66. The fourth-order valence-corrected chi connectivity index (χ4v) is 0.372. The van der Waals surface area contributed by atoms with Crippen molar-refractivity contribution in [2.45, 2.75) is 20.8 Å². The third-order valence-electron chi connectivity index (χ3n) is 0.870. The Hall–Kier alpha value is -0.140. The van der Waals surface area contributed by atoms with Gasteiger partial charge in [0.15, 0.2) is 6.79 Å². The molecule has 1 unspecified atom stereocenters. The lowest BCUT2D eigenvalue weighted by molar-refractivity contribution is -0.159. The van der Waals surface area contributed by atoms with Crippen molar-refractivity contribution >= 4 is 15.4 Å². The number of carbonyl (C=O) groups is 1. The highest BCUT2D eigenvalue weighted by atomic mass is 31.0. The third-order valence-corrected chi connectivity index (χ3v) is 1.01. The lowest BCUT2D eigenvalue weighted by Gasteiger charge is -2.15. The largest absolute Gasteiger partial charge is 0.438 e. The second kappa shape index (κ2) is 3.89. The molecule has 60 valence electrons. The van der Waals surface area contributed by atoms with Crippen LogP contribution in [0.15, 0.2) is 0 Å². The summed E-state index contributed by atoms with van der Waals surface area (Å²) in [6.07, 6.45) is 0. The average Bonchev–Trinajstić information content (AvgIpc) is 1.80. The Morgan fingerprint density at radius 2 is 2.00 bits per heavy atom. The lowest BCUT2D eigenvalue weighted by atomic mass is 9.98. The number of hydrogen-bond acceptors (Lipinski definition) is 3. The minimum absolute atomic E-state index is 0.000764. The van der Waals surface area contributed by atoms with Crippen molar-refractivity contribution in [2.24, 2.45) is 5.41 Å². The van der Waals surface area contributed by atoms with E-state index in [2.05, 4.69) is 9.26 Å². The molecule has 1 atom stereocenters. The molecule has 0 aliphatic rings. The van der Waals surface area contributed by atoms with E-state index in [1.165, 1.54) is 0 Å². The first-order chi connectivity index (χ1) is 4.48. The van der Waals surface area contributed by atoms with Gasteiger partial charge in [-0.05, 0) is 20.8 Å². The summed E-state index contributed by atoms with van der Waals surface area (Å²) < 4.78 is 9.15. The third kappa shape index (κ3) is 3.80. The van der Waals surface area contributed by atoms with Crippen molar-refractivity contribution in [1.29, 1.82) is 0 Å². The first kappa shape index (κ1) is 9.86. The molecule has 0 aromatic carbocycles. The Morgan fingerprint density at radius 3 is 2.30 bits per heavy atom. The Balaban J connectivity index is 3.64. The molecule has 0 amide bonds. The van der Waals surface area contributed by atoms with Gasteiger partial charge in [0.1, 0.15) is 0 Å². The summed E-state index contributed by atoms with van der Waals surface area (Å²) >= 11 is 0. The summed E-state index contributed by atoms with van der Waals surface area (Å²) in [5.41, 5.74) is -0.441. The predicted molar refractivity (Wildman–Crippen MR) is 41.2 cm³/mol. The van der Waals surface area contributed by atoms with Gasteiger partial charge in [-0.3, -0.25) is 4.79 Å². The minimum Gasteiger partial charge on any atom is -0.438 e. The van der Waals surface area contributed by atoms with Gasteiger partial charge in [0, 0.05) is 9.47 Å². The van der Waals surface area contributed by atoms with Crippen LogP contribution in [0.1, 0.15) is 20.8 Å². The molecule has 0 aliphatic carbocycles. The van der Waals surface area contributed by atoms with E-state index in [0.29, 0.717) is 0 Å². The summed E-state index contributed by atoms with van der Waals surface area (Å²) in [5, 5.41) is 0. The molecule has 0 fully saturated rings. The standard InChI is InChI=1S/C6H13O3P/c1-6(2,3)5(7)8-4-9-10/h4,10H2,1-3H3. The topological polar surface area (TPSA) is 35.5 Å². The number of esters is 1. The van der Waals surface area contributed by atoms with E-state index < -0.39 is 5.41 Å². The van der Waals surface area contributed by atoms with Gasteiger partial charge >= 0.3 is 5.97 Å². The summed E-state index contributed by atoms with van der Waals surface area (Å²) in [6.45, 7) is 5.37. The van der Waals surface area contributed by atoms with Gasteiger partial charge in [-0.25, -0.2) is 0 Å². The maximum absolute atomic E-state index is 10.9. The first-order valence-corrected chi connectivity index (χ1v) is 3.44. The van der Waals surface area contributed by atoms with Crippen LogP contribution in [0, 0.1) is 5.41 Å². The first-order valence-electron chi connectivity index (χ1n) is 2.97. The molecule has 3 nitrogen and oxygen atoms in total. The molecule has 0 heterocycles. The van der Waals surface area contributed by atoms with E-state index in [0.717, 1.165) is 0 Å². The van der Waals surface area contributed by atoms with Crippen LogP contribution in [0.5, 0.6) is 0 Å². The van der Waals surface area contributed by atoms with Crippen LogP contribution in [0.3, 0.4) is 0 Å². The van der Waals surface area contributed by atoms with E-state index in [-0.39, 0.29) is 12.8 Å². The molecule has 10 heavy (non-hydrogen) atoms. The van der Waals surface area contributed by atoms with E-state index in [1.807, 2.05) is 9.47 Å². The Morgan fingerprint density at radius 1 is 1.50 bits per heavy atom. The highest BCUT2D eigenvalue weighted by Gasteiger charge is 2.22. The molecular formula is C6H13O3P. The van der Waals surface area contributed by atoms with Crippen LogP contribution in [0.25, 0.3) is 0 Å². The Labute approximate surface area is 63.4 Å². The van der Waals surface area contributed by atoms with Crippen LogP contribution in [-0.4, -0.2) is 12.8 Å². The van der Waals surface area contributed by atoms with E-state index in [9.17, 15) is 4.79 Å². The van der Waals surface area contributed by atoms with Gasteiger partial charge in [-0.2, -0.15) is 0 Å². The van der Waals surface area contributed by atoms with Crippen molar-refractivity contribution in [3.8, 4) is 0 Å². The van der Waals surface area contributed by atoms with E-state index >= 15 is 0 Å². The molecule has 0 radical (unpaired) electrons. The van der Waals surface area contributed by atoms with Gasteiger partial charge in [-0.15, -0.1) is 0 Å². The molecule has 0 spiro atoms. The molecule has 0 saturated heterocycles. The van der Waals surface area contributed by atoms with Crippen molar-refractivity contribution in [3.63, 3.8) is 0 Å². The SMILES string of the molecule is CC(C)(C)C(=O)OCOP. The van der Waals surface area contributed by atoms with E-state index in [4.69, 9.17) is 0 Å². The predicted octanol–water partition coefficient (Wildman–Crippen LogP) is 1.34. The molecule has 0 saturated carbocycles. The van der Waals surface area contributed by atoms with Gasteiger partial charge in [0.05, 0.1) is 5.41 Å². The quantitative estimate of drug-likeness (QED) is 0.351. The molecule has 0 N–H and O–H groups in total. The van der Waals surface area contributed by atoms with Crippen LogP contribution < -0.4 is 0 Å². The molecule has 0 bridgehead atoms. The zero-order valence-electron chi connectivity index (χ0n) is 6.51. The second-order valence-corrected chi connectivity index (χ2v) is 3.30. The van der Waals surface area contributed by atoms with Gasteiger partial charge < -0.3 is 9.26 Å². The van der Waals surface area contributed by atoms with Crippen LogP contribution in [-0.2, 0) is 14.1 Å². The Bertz CT molecular complexity index is 117. The number of carbonyl (C=O) groups excluding carboxylic acids is 1. The maximum atomic E-state index is 10.9. The minimum atomic E-state index is -0.441. The average molecular weight is 164 g/mol. The fourth-order valence-electron chi connectivity index (χ4n) is 0.304. The molecule has 4 heteroatoms. The molecule has 0 rings (SSSR count). The summed E-state index contributed by atoms with van der Waals surface area (Å²) in [4.78, 5) is 10.9. The molecule has 0 aromatic heterocycles. The van der Waals surface area contributed by atoms with Crippen molar-refractivity contribution in [1.82, 2.24) is 0 Å². The number of ether oxygens (including phenoxy) is 1. The van der Waals surface area contributed by atoms with Crippen molar-refractivity contribution in [2.75, 3.05) is 6.79 Å². The fraction of sp³-hybridized carbons (Fsp3) is 0.833. The molecule has 0 aromatic rings. The normalized spacial score (nSPS) is 11.2. The van der Waals surface area contributed by atoms with Gasteiger partial charge in [-0.1, -0.05) is 0 Å². The second-order valence-electron chi connectivity index (χ2n) is 2.97. The van der Waals surface area contributed by atoms with Crippen molar-refractivity contribution < 1.29 is 14.1 Å². The summed E-state index contributed by atoms with van der Waals surface area (Å²) in [6, 6.07) is 0.